The molecule has 0 unspecified atom stereocenters. The van der Waals surface area contributed by atoms with Gasteiger partial charge >= 0.3 is 0 Å². The third kappa shape index (κ3) is 8.59. The van der Waals surface area contributed by atoms with E-state index in [9.17, 15) is 9.59 Å². The number of hydrogen-bond donors (Lipinski definition) is 0. The van der Waals surface area contributed by atoms with Crippen molar-refractivity contribution in [2.45, 2.75) is 13.8 Å². The van der Waals surface area contributed by atoms with Crippen LogP contribution in [0.5, 0.6) is 11.5 Å². The number of aromatic nitrogens is 2. The number of aliphatic imine (C=N–C) groups is 2. The van der Waals surface area contributed by atoms with Crippen LogP contribution in [-0.2, 0) is 9.47 Å². The molecule has 0 amide bonds. The first-order valence-corrected chi connectivity index (χ1v) is 16.4. The number of para-hydroxylation sites is 2. The van der Waals surface area contributed by atoms with Crippen LogP contribution in [0.4, 0.5) is 11.4 Å². The normalized spacial score (nSPS) is 11.6. The van der Waals surface area contributed by atoms with E-state index in [1.54, 1.807) is 35.4 Å². The smallest absolute Gasteiger partial charge is 0.227 e. The number of hydrogen-bond acceptors (Lipinski definition) is 8. The molecule has 10 heteroatoms. The van der Waals surface area contributed by atoms with Crippen molar-refractivity contribution in [2.75, 3.05) is 39.6 Å². The number of fused-ring (bicyclic) bond motifs is 2. The second-order valence-corrected chi connectivity index (χ2v) is 11.4. The third-order valence-electron chi connectivity index (χ3n) is 7.91. The summed E-state index contributed by atoms with van der Waals surface area (Å²) in [7, 11) is 0. The van der Waals surface area contributed by atoms with Crippen LogP contribution in [0.15, 0.2) is 119 Å². The summed E-state index contributed by atoms with van der Waals surface area (Å²) >= 11 is 0. The van der Waals surface area contributed by atoms with Gasteiger partial charge in [-0.1, -0.05) is 36.4 Å². The molecule has 4 aromatic carbocycles. The predicted octanol–water partition coefficient (Wildman–Crippen LogP) is 7.91. The molecule has 0 fully saturated rings. The Labute approximate surface area is 290 Å². The van der Waals surface area contributed by atoms with Gasteiger partial charge in [-0.3, -0.25) is 28.7 Å². The number of rotatable bonds is 15. The first kappa shape index (κ1) is 34.0. The minimum absolute atomic E-state index is 0.0405. The van der Waals surface area contributed by atoms with Gasteiger partial charge < -0.3 is 18.9 Å². The zero-order valence-corrected chi connectivity index (χ0v) is 28.0. The van der Waals surface area contributed by atoms with Crippen molar-refractivity contribution in [1.29, 1.82) is 0 Å². The van der Waals surface area contributed by atoms with Crippen LogP contribution >= 0.6 is 0 Å². The highest BCUT2D eigenvalue weighted by Gasteiger charge is 2.10. The van der Waals surface area contributed by atoms with Crippen LogP contribution in [0.3, 0.4) is 0 Å². The van der Waals surface area contributed by atoms with Gasteiger partial charge in [-0.25, -0.2) is 0 Å². The summed E-state index contributed by atoms with van der Waals surface area (Å²) in [6.07, 6.45) is 7.17. The van der Waals surface area contributed by atoms with E-state index in [-0.39, 0.29) is 11.8 Å². The monoisotopic (exact) mass is 670 g/mol. The van der Waals surface area contributed by atoms with E-state index in [1.807, 2.05) is 109 Å². The van der Waals surface area contributed by atoms with Crippen molar-refractivity contribution in [3.8, 4) is 11.5 Å². The zero-order chi connectivity index (χ0) is 34.7. The Balaban J connectivity index is 0.838. The van der Waals surface area contributed by atoms with Gasteiger partial charge in [0.25, 0.3) is 0 Å². The molecule has 0 saturated heterocycles. The fourth-order valence-electron chi connectivity index (χ4n) is 5.44. The second kappa shape index (κ2) is 16.5. The molecule has 0 aliphatic heterocycles. The molecule has 0 bridgehead atoms. The zero-order valence-electron chi connectivity index (χ0n) is 28.0. The summed E-state index contributed by atoms with van der Waals surface area (Å²) < 4.78 is 26.1. The first-order valence-electron chi connectivity index (χ1n) is 16.4. The van der Waals surface area contributed by atoms with Crippen LogP contribution < -0.4 is 9.47 Å². The van der Waals surface area contributed by atoms with Crippen molar-refractivity contribution in [2.24, 2.45) is 9.98 Å². The number of carbonyl (C=O) groups excluding carboxylic acids is 2. The molecular formula is C40H38N4O6. The maximum Gasteiger partial charge on any atom is 0.227 e. The van der Waals surface area contributed by atoms with Crippen molar-refractivity contribution in [3.05, 3.63) is 121 Å². The highest BCUT2D eigenvalue weighted by molar-refractivity contribution is 6.04. The molecule has 2 heterocycles. The van der Waals surface area contributed by atoms with Crippen LogP contribution in [0.2, 0.25) is 0 Å². The number of ether oxygens (including phenoxy) is 4. The molecular weight excluding hydrogens is 632 g/mol. The molecule has 0 aliphatic rings. The van der Waals surface area contributed by atoms with Gasteiger partial charge in [0.2, 0.25) is 11.8 Å². The first-order chi connectivity index (χ1) is 24.5. The topological polar surface area (TPSA) is 106 Å². The van der Waals surface area contributed by atoms with Crippen molar-refractivity contribution in [3.63, 3.8) is 0 Å². The lowest BCUT2D eigenvalue weighted by Gasteiger charge is -2.09. The van der Waals surface area contributed by atoms with Gasteiger partial charge in [0.05, 0.1) is 48.8 Å². The molecule has 0 atom stereocenters. The fraction of sp³-hybridized carbons (Fsp3) is 0.200. The molecule has 0 saturated carbocycles. The summed E-state index contributed by atoms with van der Waals surface area (Å²) in [5.41, 5.74) is 5.06. The fourth-order valence-corrected chi connectivity index (χ4v) is 5.44. The Morgan fingerprint density at radius 3 is 1.32 bits per heavy atom. The predicted molar refractivity (Wildman–Crippen MR) is 196 cm³/mol. The molecule has 10 nitrogen and oxygen atoms in total. The number of carbonyl (C=O) groups is 2. The summed E-state index contributed by atoms with van der Waals surface area (Å²) in [5.74, 6) is 1.38. The van der Waals surface area contributed by atoms with E-state index in [2.05, 4.69) is 9.98 Å². The molecule has 0 spiro atoms. The quantitative estimate of drug-likeness (QED) is 0.0812. The van der Waals surface area contributed by atoms with Crippen LogP contribution in [0.25, 0.3) is 21.8 Å². The summed E-state index contributed by atoms with van der Waals surface area (Å²) in [6, 6.07) is 30.6. The Bertz CT molecular complexity index is 1970. The van der Waals surface area contributed by atoms with Gasteiger partial charge in [-0.2, -0.15) is 0 Å². The van der Waals surface area contributed by atoms with E-state index in [0.717, 1.165) is 55.8 Å². The Kier molecular flexibility index (Phi) is 11.2. The van der Waals surface area contributed by atoms with Gasteiger partial charge in [-0.15, -0.1) is 0 Å². The molecule has 6 aromatic rings. The van der Waals surface area contributed by atoms with Gasteiger partial charge in [0.15, 0.2) is 0 Å². The largest absolute Gasteiger partial charge is 0.491 e. The Morgan fingerprint density at radius 2 is 0.920 bits per heavy atom. The molecule has 2 aromatic heterocycles. The van der Waals surface area contributed by atoms with Gasteiger partial charge in [0, 0.05) is 60.6 Å². The van der Waals surface area contributed by atoms with Gasteiger partial charge in [-0.05, 0) is 60.7 Å². The van der Waals surface area contributed by atoms with E-state index in [1.165, 1.54) is 0 Å². The van der Waals surface area contributed by atoms with E-state index in [4.69, 9.17) is 18.9 Å². The van der Waals surface area contributed by atoms with Crippen molar-refractivity contribution in [1.82, 2.24) is 9.13 Å². The second-order valence-electron chi connectivity index (χ2n) is 11.4. The summed E-state index contributed by atoms with van der Waals surface area (Å²) in [5, 5.41) is 1.95. The third-order valence-corrected chi connectivity index (χ3v) is 7.91. The lowest BCUT2D eigenvalue weighted by Crippen LogP contribution is -2.13. The highest BCUT2D eigenvalue weighted by Crippen LogP contribution is 2.24. The van der Waals surface area contributed by atoms with Gasteiger partial charge in [0.1, 0.15) is 24.7 Å². The summed E-state index contributed by atoms with van der Waals surface area (Å²) in [4.78, 5) is 33.1. The van der Waals surface area contributed by atoms with Crippen LogP contribution in [0.1, 0.15) is 34.6 Å². The number of nitrogens with zero attached hydrogens (tertiary/aromatic N) is 4. The molecule has 254 valence electrons. The average molecular weight is 671 g/mol. The molecule has 0 N–H and O–H groups in total. The lowest BCUT2D eigenvalue weighted by molar-refractivity contribution is 0.0273. The Hall–Kier alpha value is -5.84. The van der Waals surface area contributed by atoms with E-state index in [0.29, 0.717) is 39.6 Å². The average Bonchev–Trinajstić information content (AvgIpc) is 3.71. The van der Waals surface area contributed by atoms with Crippen molar-refractivity contribution >= 4 is 57.4 Å². The molecule has 0 aliphatic carbocycles. The molecule has 50 heavy (non-hydrogen) atoms. The van der Waals surface area contributed by atoms with Crippen molar-refractivity contribution < 1.29 is 28.5 Å². The van der Waals surface area contributed by atoms with E-state index < -0.39 is 0 Å². The van der Waals surface area contributed by atoms with E-state index >= 15 is 0 Å². The highest BCUT2D eigenvalue weighted by atomic mass is 16.6. The number of benzene rings is 4. The lowest BCUT2D eigenvalue weighted by atomic mass is 10.2. The minimum Gasteiger partial charge on any atom is -0.491 e. The maximum atomic E-state index is 12.0. The maximum absolute atomic E-state index is 12.0. The molecule has 0 radical (unpaired) electrons. The summed E-state index contributed by atoms with van der Waals surface area (Å²) in [6.45, 7) is 5.70. The minimum atomic E-state index is -0.0405. The SMILES string of the molecule is CC(=O)n1cc(C=Nc2ccc(OCCOCCOCCOc3ccc(N=Cc4cn(C(C)=O)c5ccccc45)cc3)cc2)c2ccccc21. The standard InChI is InChI=1S/C40H38N4O6/c1-29(45)43-27-31(37-7-3-5-9-39(37)43)25-41-33-11-15-35(16-12-33)49-23-21-47-19-20-48-22-24-50-36-17-13-34(14-18-36)42-26-32-28-44(30(2)46)40-10-6-4-8-38(32)40/h3-18,25-28H,19-24H2,1-2H3. The molecule has 6 rings (SSSR count). The van der Waals surface area contributed by atoms with Crippen LogP contribution in [0, 0.1) is 0 Å². The van der Waals surface area contributed by atoms with Crippen LogP contribution in [-0.4, -0.2) is 73.0 Å². The Morgan fingerprint density at radius 1 is 0.540 bits per heavy atom.